The molecule has 0 radical (unpaired) electrons. The number of hydrogen-bond acceptors (Lipinski definition) is 3. The molecule has 0 fully saturated rings. The van der Waals surface area contributed by atoms with Gasteiger partial charge in [0.2, 0.25) is 5.91 Å². The molecule has 7 heteroatoms. The minimum absolute atomic E-state index is 0.192. The molecule has 5 nitrogen and oxygen atoms in total. The van der Waals surface area contributed by atoms with Crippen molar-refractivity contribution in [1.29, 1.82) is 0 Å². The van der Waals surface area contributed by atoms with E-state index in [4.69, 9.17) is 27.9 Å². The first-order valence-electron chi connectivity index (χ1n) is 9.15. The highest BCUT2D eigenvalue weighted by Gasteiger charge is 2.29. The number of carbonyl (C=O) groups excluding carboxylic acids is 2. The Bertz CT molecular complexity index is 796. The van der Waals surface area contributed by atoms with Gasteiger partial charge >= 0.3 is 0 Å². The van der Waals surface area contributed by atoms with Gasteiger partial charge < -0.3 is 15.0 Å². The lowest BCUT2D eigenvalue weighted by molar-refractivity contribution is -0.142. The van der Waals surface area contributed by atoms with E-state index < -0.39 is 6.04 Å². The zero-order chi connectivity index (χ0) is 20.5. The predicted octanol–water partition coefficient (Wildman–Crippen LogP) is 4.32. The number of halogens is 2. The van der Waals surface area contributed by atoms with Crippen LogP contribution in [0, 0.1) is 0 Å². The molecular formula is C21H24Cl2N2O3. The van der Waals surface area contributed by atoms with Crippen molar-refractivity contribution in [3.8, 4) is 5.75 Å². The fourth-order valence-corrected chi connectivity index (χ4v) is 3.10. The molecule has 2 rings (SSSR count). The maximum atomic E-state index is 13.0. The highest BCUT2D eigenvalue weighted by Crippen LogP contribution is 2.20. The summed E-state index contributed by atoms with van der Waals surface area (Å²) in [4.78, 5) is 27.0. The molecule has 0 heterocycles. The number of benzene rings is 2. The monoisotopic (exact) mass is 422 g/mol. The Labute approximate surface area is 175 Å². The SMILES string of the molecule is CCNC(=O)[C@@H](CC)N(Cc1ccccc1Cl)C(=O)COc1ccc(Cl)cc1. The van der Waals surface area contributed by atoms with E-state index in [1.165, 1.54) is 4.90 Å². The Hall–Kier alpha value is -2.24. The van der Waals surface area contributed by atoms with E-state index in [0.29, 0.717) is 28.8 Å². The minimum Gasteiger partial charge on any atom is -0.484 e. The lowest BCUT2D eigenvalue weighted by Crippen LogP contribution is -2.50. The third-order valence-electron chi connectivity index (χ3n) is 4.21. The average Bonchev–Trinajstić information content (AvgIpc) is 2.69. The van der Waals surface area contributed by atoms with Gasteiger partial charge in [-0.05, 0) is 49.2 Å². The molecule has 1 atom stereocenters. The van der Waals surface area contributed by atoms with Crippen LogP contribution in [0.15, 0.2) is 48.5 Å². The van der Waals surface area contributed by atoms with Gasteiger partial charge in [-0.25, -0.2) is 0 Å². The number of likely N-dealkylation sites (N-methyl/N-ethyl adjacent to an activating group) is 1. The number of nitrogens with one attached hydrogen (secondary N) is 1. The Balaban J connectivity index is 2.20. The molecule has 0 aliphatic heterocycles. The molecule has 0 saturated heterocycles. The first-order chi connectivity index (χ1) is 13.5. The van der Waals surface area contributed by atoms with Crippen molar-refractivity contribution >= 4 is 35.0 Å². The number of nitrogens with zero attached hydrogens (tertiary/aromatic N) is 1. The second-order valence-corrected chi connectivity index (χ2v) is 7.02. The maximum absolute atomic E-state index is 13.0. The molecule has 28 heavy (non-hydrogen) atoms. The summed E-state index contributed by atoms with van der Waals surface area (Å²) in [5, 5.41) is 3.92. The summed E-state index contributed by atoms with van der Waals surface area (Å²) in [5.41, 5.74) is 0.770. The van der Waals surface area contributed by atoms with E-state index in [2.05, 4.69) is 5.32 Å². The Kier molecular flexibility index (Phi) is 8.61. The standard InChI is InChI=1S/C21H24Cl2N2O3/c1-3-19(21(27)24-4-2)25(13-15-7-5-6-8-18(15)23)20(26)14-28-17-11-9-16(22)10-12-17/h5-12,19H,3-4,13-14H2,1-2H3,(H,24,27)/t19-/m1/s1. The van der Waals surface area contributed by atoms with Crippen LogP contribution < -0.4 is 10.1 Å². The average molecular weight is 423 g/mol. The fraction of sp³-hybridized carbons (Fsp3) is 0.333. The van der Waals surface area contributed by atoms with E-state index in [1.807, 2.05) is 32.0 Å². The van der Waals surface area contributed by atoms with Crippen LogP contribution in [0.3, 0.4) is 0 Å². The molecule has 2 amide bonds. The van der Waals surface area contributed by atoms with Crippen molar-refractivity contribution in [2.24, 2.45) is 0 Å². The summed E-state index contributed by atoms with van der Waals surface area (Å²) in [7, 11) is 0. The zero-order valence-corrected chi connectivity index (χ0v) is 17.5. The Morgan fingerprint density at radius 1 is 1.07 bits per heavy atom. The van der Waals surface area contributed by atoms with Crippen molar-refractivity contribution in [1.82, 2.24) is 10.2 Å². The van der Waals surface area contributed by atoms with Crippen LogP contribution in [0.4, 0.5) is 0 Å². The van der Waals surface area contributed by atoms with Crippen LogP contribution in [-0.2, 0) is 16.1 Å². The van der Waals surface area contributed by atoms with Gasteiger partial charge in [-0.15, -0.1) is 0 Å². The third kappa shape index (κ3) is 6.14. The van der Waals surface area contributed by atoms with E-state index in [-0.39, 0.29) is 25.0 Å². The molecule has 0 spiro atoms. The van der Waals surface area contributed by atoms with Crippen molar-refractivity contribution < 1.29 is 14.3 Å². The number of amides is 2. The minimum atomic E-state index is -0.613. The molecular weight excluding hydrogens is 399 g/mol. The third-order valence-corrected chi connectivity index (χ3v) is 4.83. The van der Waals surface area contributed by atoms with Crippen LogP contribution in [0.1, 0.15) is 25.8 Å². The predicted molar refractivity (Wildman–Crippen MR) is 112 cm³/mol. The molecule has 2 aromatic carbocycles. The van der Waals surface area contributed by atoms with Crippen molar-refractivity contribution in [3.63, 3.8) is 0 Å². The van der Waals surface area contributed by atoms with Gasteiger partial charge in [0.05, 0.1) is 0 Å². The van der Waals surface area contributed by atoms with Crippen LogP contribution in [0.25, 0.3) is 0 Å². The Morgan fingerprint density at radius 2 is 1.75 bits per heavy atom. The van der Waals surface area contributed by atoms with Crippen LogP contribution in [-0.4, -0.2) is 35.9 Å². The van der Waals surface area contributed by atoms with Gasteiger partial charge in [0.15, 0.2) is 6.61 Å². The zero-order valence-electron chi connectivity index (χ0n) is 16.0. The molecule has 0 aliphatic carbocycles. The van der Waals surface area contributed by atoms with Crippen LogP contribution >= 0.6 is 23.2 Å². The molecule has 1 N–H and O–H groups in total. The molecule has 0 saturated carbocycles. The van der Waals surface area contributed by atoms with Gasteiger partial charge in [0.1, 0.15) is 11.8 Å². The summed E-state index contributed by atoms with van der Waals surface area (Å²) in [6.07, 6.45) is 0.475. The molecule has 0 aromatic heterocycles. The number of rotatable bonds is 9. The molecule has 2 aromatic rings. The topological polar surface area (TPSA) is 58.6 Å². The van der Waals surface area contributed by atoms with Gasteiger partial charge in [-0.2, -0.15) is 0 Å². The van der Waals surface area contributed by atoms with Crippen molar-refractivity contribution in [2.45, 2.75) is 32.9 Å². The highest BCUT2D eigenvalue weighted by molar-refractivity contribution is 6.31. The first kappa shape index (κ1) is 22.1. The van der Waals surface area contributed by atoms with Gasteiger partial charge in [-0.3, -0.25) is 9.59 Å². The summed E-state index contributed by atoms with van der Waals surface area (Å²) in [5.74, 6) is 0.0337. The largest absolute Gasteiger partial charge is 0.484 e. The van der Waals surface area contributed by atoms with Gasteiger partial charge in [0, 0.05) is 23.1 Å². The fourth-order valence-electron chi connectivity index (χ4n) is 2.78. The van der Waals surface area contributed by atoms with Crippen LogP contribution in [0.5, 0.6) is 5.75 Å². The van der Waals surface area contributed by atoms with E-state index in [9.17, 15) is 9.59 Å². The van der Waals surface area contributed by atoms with Crippen molar-refractivity contribution in [2.75, 3.05) is 13.2 Å². The summed E-state index contributed by atoms with van der Waals surface area (Å²) < 4.78 is 5.59. The molecule has 0 bridgehead atoms. The molecule has 150 valence electrons. The van der Waals surface area contributed by atoms with Gasteiger partial charge in [0.25, 0.3) is 5.91 Å². The number of ether oxygens (including phenoxy) is 1. The quantitative estimate of drug-likeness (QED) is 0.654. The molecule has 0 aliphatic rings. The second-order valence-electron chi connectivity index (χ2n) is 6.17. The summed E-state index contributed by atoms with van der Waals surface area (Å²) in [6.45, 7) is 4.23. The molecule has 0 unspecified atom stereocenters. The lowest BCUT2D eigenvalue weighted by atomic mass is 10.1. The Morgan fingerprint density at radius 3 is 2.36 bits per heavy atom. The lowest BCUT2D eigenvalue weighted by Gasteiger charge is -2.30. The number of hydrogen-bond donors (Lipinski definition) is 1. The summed E-state index contributed by atoms with van der Waals surface area (Å²) >= 11 is 12.1. The smallest absolute Gasteiger partial charge is 0.261 e. The van der Waals surface area contributed by atoms with Crippen LogP contribution in [0.2, 0.25) is 10.0 Å². The van der Waals surface area contributed by atoms with E-state index in [0.717, 1.165) is 5.56 Å². The van der Waals surface area contributed by atoms with Gasteiger partial charge in [-0.1, -0.05) is 48.3 Å². The maximum Gasteiger partial charge on any atom is 0.261 e. The number of carbonyl (C=O) groups is 2. The second kappa shape index (κ2) is 10.9. The summed E-state index contributed by atoms with van der Waals surface area (Å²) in [6, 6.07) is 13.4. The van der Waals surface area contributed by atoms with Crippen molar-refractivity contribution in [3.05, 3.63) is 64.1 Å². The highest BCUT2D eigenvalue weighted by atomic mass is 35.5. The van der Waals surface area contributed by atoms with E-state index >= 15 is 0 Å². The first-order valence-corrected chi connectivity index (χ1v) is 9.90. The normalized spacial score (nSPS) is 11.6. The van der Waals surface area contributed by atoms with E-state index in [1.54, 1.807) is 30.3 Å².